The summed E-state index contributed by atoms with van der Waals surface area (Å²) < 4.78 is 0. The monoisotopic (exact) mass is 306 g/mol. The summed E-state index contributed by atoms with van der Waals surface area (Å²) in [6, 6.07) is 13.7. The quantitative estimate of drug-likeness (QED) is 0.531. The smallest absolute Gasteiger partial charge is 0.270 e. The van der Waals surface area contributed by atoms with Gasteiger partial charge in [-0.25, -0.2) is 0 Å². The Bertz CT molecular complexity index is 661. The van der Waals surface area contributed by atoms with Crippen LogP contribution in [0.1, 0.15) is 11.1 Å². The Morgan fingerprint density at radius 3 is 2.70 bits per heavy atom. The average molecular weight is 307 g/mol. The summed E-state index contributed by atoms with van der Waals surface area (Å²) in [5, 5.41) is 14.4. The van der Waals surface area contributed by atoms with Crippen molar-refractivity contribution in [2.75, 3.05) is 0 Å². The fraction of sp³-hybridized carbons (Fsp3) is 0.0714. The Kier molecular flexibility index (Phi) is 4.65. The second-order valence-electron chi connectivity index (χ2n) is 4.08. The number of hydrogen-bond donors (Lipinski definition) is 1. The Morgan fingerprint density at radius 2 is 2.00 bits per heavy atom. The first-order valence-corrected chi connectivity index (χ1v) is 6.62. The molecular formula is C14H11ClN2O2S. The fourth-order valence-corrected chi connectivity index (χ4v) is 2.08. The van der Waals surface area contributed by atoms with E-state index < -0.39 is 4.92 Å². The normalized spacial score (nSPS) is 10.1. The van der Waals surface area contributed by atoms with Crippen LogP contribution in [0.4, 0.5) is 5.69 Å². The van der Waals surface area contributed by atoms with E-state index in [2.05, 4.69) is 5.32 Å². The van der Waals surface area contributed by atoms with Gasteiger partial charge in [-0.1, -0.05) is 54.2 Å². The summed E-state index contributed by atoms with van der Waals surface area (Å²) >= 11 is 11.3. The van der Waals surface area contributed by atoms with Gasteiger partial charge in [-0.3, -0.25) is 10.1 Å². The van der Waals surface area contributed by atoms with Crippen molar-refractivity contribution < 1.29 is 4.92 Å². The predicted molar refractivity (Wildman–Crippen MR) is 83.1 cm³/mol. The Hall–Kier alpha value is -1.98. The SMILES string of the molecule is O=[N+]([O-])c1cccc(C(=S)NCc2ccccc2Cl)c1. The molecule has 0 spiro atoms. The van der Waals surface area contributed by atoms with Gasteiger partial charge in [0, 0.05) is 29.3 Å². The van der Waals surface area contributed by atoms with Crippen LogP contribution in [0.3, 0.4) is 0 Å². The van der Waals surface area contributed by atoms with E-state index in [1.807, 2.05) is 18.2 Å². The van der Waals surface area contributed by atoms with Crippen molar-refractivity contribution in [1.29, 1.82) is 0 Å². The molecule has 102 valence electrons. The predicted octanol–water partition coefficient (Wildman–Crippen LogP) is 3.71. The lowest BCUT2D eigenvalue weighted by Gasteiger charge is -2.09. The van der Waals surface area contributed by atoms with Crippen LogP contribution in [-0.2, 0) is 6.54 Å². The van der Waals surface area contributed by atoms with Crippen molar-refractivity contribution in [2.24, 2.45) is 0 Å². The first-order valence-electron chi connectivity index (χ1n) is 5.84. The number of rotatable bonds is 4. The summed E-state index contributed by atoms with van der Waals surface area (Å²) in [4.78, 5) is 10.7. The van der Waals surface area contributed by atoms with Crippen LogP contribution in [0, 0.1) is 10.1 Å². The summed E-state index contributed by atoms with van der Waals surface area (Å²) in [6.07, 6.45) is 0. The minimum Gasteiger partial charge on any atom is -0.372 e. The van der Waals surface area contributed by atoms with Gasteiger partial charge in [-0.15, -0.1) is 0 Å². The lowest BCUT2D eigenvalue weighted by atomic mass is 10.2. The summed E-state index contributed by atoms with van der Waals surface area (Å²) in [5.74, 6) is 0. The standard InChI is InChI=1S/C14H11ClN2O2S/c15-13-7-2-1-4-11(13)9-16-14(20)10-5-3-6-12(8-10)17(18)19/h1-8H,9H2,(H,16,20). The first-order chi connectivity index (χ1) is 9.58. The highest BCUT2D eigenvalue weighted by Crippen LogP contribution is 2.16. The van der Waals surface area contributed by atoms with E-state index in [1.165, 1.54) is 12.1 Å². The second-order valence-corrected chi connectivity index (χ2v) is 4.90. The molecule has 0 aromatic heterocycles. The van der Waals surface area contributed by atoms with Crippen molar-refractivity contribution in [3.8, 4) is 0 Å². The molecular weight excluding hydrogens is 296 g/mol. The number of nitro groups is 1. The number of halogens is 1. The lowest BCUT2D eigenvalue weighted by molar-refractivity contribution is -0.384. The molecule has 4 nitrogen and oxygen atoms in total. The van der Waals surface area contributed by atoms with Crippen molar-refractivity contribution in [3.63, 3.8) is 0 Å². The fourth-order valence-electron chi connectivity index (χ4n) is 1.68. The van der Waals surface area contributed by atoms with Crippen LogP contribution in [0.2, 0.25) is 5.02 Å². The second kappa shape index (κ2) is 6.45. The van der Waals surface area contributed by atoms with Gasteiger partial charge in [0.2, 0.25) is 0 Å². The molecule has 2 aromatic carbocycles. The molecule has 6 heteroatoms. The highest BCUT2D eigenvalue weighted by Gasteiger charge is 2.09. The van der Waals surface area contributed by atoms with E-state index in [-0.39, 0.29) is 5.69 Å². The topological polar surface area (TPSA) is 55.2 Å². The number of benzene rings is 2. The van der Waals surface area contributed by atoms with E-state index in [1.54, 1.807) is 18.2 Å². The molecule has 0 aliphatic rings. The third kappa shape index (κ3) is 3.53. The molecule has 0 radical (unpaired) electrons. The number of thiocarbonyl (C=S) groups is 1. The molecule has 0 saturated heterocycles. The largest absolute Gasteiger partial charge is 0.372 e. The number of nitrogens with one attached hydrogen (secondary N) is 1. The Labute approximate surface area is 126 Å². The minimum atomic E-state index is -0.444. The number of nitrogens with zero attached hydrogens (tertiary/aromatic N) is 1. The third-order valence-corrected chi connectivity index (χ3v) is 3.47. The van der Waals surface area contributed by atoms with Gasteiger partial charge in [0.25, 0.3) is 5.69 Å². The average Bonchev–Trinajstić information content (AvgIpc) is 2.46. The van der Waals surface area contributed by atoms with Crippen LogP contribution in [0.15, 0.2) is 48.5 Å². The molecule has 1 N–H and O–H groups in total. The molecule has 0 saturated carbocycles. The molecule has 2 rings (SSSR count). The molecule has 20 heavy (non-hydrogen) atoms. The number of nitro benzene ring substituents is 1. The Balaban J connectivity index is 2.07. The van der Waals surface area contributed by atoms with Crippen molar-refractivity contribution in [2.45, 2.75) is 6.54 Å². The zero-order chi connectivity index (χ0) is 14.5. The summed E-state index contributed by atoms with van der Waals surface area (Å²) in [7, 11) is 0. The van der Waals surface area contributed by atoms with Crippen molar-refractivity contribution in [3.05, 3.63) is 74.8 Å². The first kappa shape index (κ1) is 14.4. The van der Waals surface area contributed by atoms with Gasteiger partial charge < -0.3 is 5.32 Å². The lowest BCUT2D eigenvalue weighted by Crippen LogP contribution is -2.21. The minimum absolute atomic E-state index is 0.0180. The van der Waals surface area contributed by atoms with Gasteiger partial charge in [0.05, 0.1) is 4.92 Å². The molecule has 0 aliphatic heterocycles. The highest BCUT2D eigenvalue weighted by molar-refractivity contribution is 7.80. The van der Waals surface area contributed by atoms with Crippen LogP contribution in [-0.4, -0.2) is 9.91 Å². The maximum Gasteiger partial charge on any atom is 0.270 e. The molecule has 2 aromatic rings. The van der Waals surface area contributed by atoms with Gasteiger partial charge in [0.15, 0.2) is 0 Å². The van der Waals surface area contributed by atoms with Gasteiger partial charge in [0.1, 0.15) is 4.99 Å². The van der Waals surface area contributed by atoms with Crippen LogP contribution >= 0.6 is 23.8 Å². The molecule has 0 fully saturated rings. The number of hydrogen-bond acceptors (Lipinski definition) is 3. The zero-order valence-electron chi connectivity index (χ0n) is 10.4. The molecule has 0 unspecified atom stereocenters. The molecule has 0 amide bonds. The maximum absolute atomic E-state index is 10.7. The molecule has 0 heterocycles. The Morgan fingerprint density at radius 1 is 1.25 bits per heavy atom. The summed E-state index contributed by atoms with van der Waals surface area (Å²) in [6.45, 7) is 0.473. The van der Waals surface area contributed by atoms with Gasteiger partial charge in [-0.05, 0) is 11.6 Å². The van der Waals surface area contributed by atoms with Crippen LogP contribution < -0.4 is 5.32 Å². The van der Waals surface area contributed by atoms with E-state index in [9.17, 15) is 10.1 Å². The van der Waals surface area contributed by atoms with E-state index in [4.69, 9.17) is 23.8 Å². The van der Waals surface area contributed by atoms with Crippen LogP contribution in [0.25, 0.3) is 0 Å². The van der Waals surface area contributed by atoms with E-state index >= 15 is 0 Å². The maximum atomic E-state index is 10.7. The van der Waals surface area contributed by atoms with E-state index in [0.29, 0.717) is 22.1 Å². The van der Waals surface area contributed by atoms with Gasteiger partial charge >= 0.3 is 0 Å². The summed E-state index contributed by atoms with van der Waals surface area (Å²) in [5.41, 5.74) is 1.55. The molecule has 0 bridgehead atoms. The van der Waals surface area contributed by atoms with Gasteiger partial charge in [-0.2, -0.15) is 0 Å². The number of non-ortho nitro benzene ring substituents is 1. The zero-order valence-corrected chi connectivity index (χ0v) is 11.9. The molecule has 0 atom stereocenters. The van der Waals surface area contributed by atoms with Crippen molar-refractivity contribution in [1.82, 2.24) is 5.32 Å². The highest BCUT2D eigenvalue weighted by atomic mass is 35.5. The third-order valence-electron chi connectivity index (χ3n) is 2.72. The van der Waals surface area contributed by atoms with E-state index in [0.717, 1.165) is 5.56 Å². The van der Waals surface area contributed by atoms with Crippen LogP contribution in [0.5, 0.6) is 0 Å². The van der Waals surface area contributed by atoms with Crippen molar-refractivity contribution >= 4 is 34.5 Å². The molecule has 0 aliphatic carbocycles.